The highest BCUT2D eigenvalue weighted by Crippen LogP contribution is 2.41. The summed E-state index contributed by atoms with van der Waals surface area (Å²) < 4.78 is 10.2. The zero-order valence-corrected chi connectivity index (χ0v) is 20.0. The van der Waals surface area contributed by atoms with Gasteiger partial charge in [0.15, 0.2) is 0 Å². The molecule has 0 radical (unpaired) electrons. The Morgan fingerprint density at radius 2 is 2.09 bits per heavy atom. The molecule has 0 amide bonds. The van der Waals surface area contributed by atoms with E-state index in [9.17, 15) is 4.79 Å². The van der Waals surface area contributed by atoms with Crippen LogP contribution < -0.4 is 0 Å². The Morgan fingerprint density at radius 1 is 1.28 bits per heavy atom. The zero-order chi connectivity index (χ0) is 22.4. The van der Waals surface area contributed by atoms with Crippen molar-refractivity contribution in [1.29, 1.82) is 0 Å². The molecule has 2 aliphatic carbocycles. The lowest BCUT2D eigenvalue weighted by Gasteiger charge is -2.17. The van der Waals surface area contributed by atoms with Gasteiger partial charge in [-0.3, -0.25) is 0 Å². The number of fused-ring (bicyclic) bond motifs is 1. The molecule has 2 aromatic heterocycles. The number of benzene rings is 1. The minimum absolute atomic E-state index is 0.226. The predicted octanol–water partition coefficient (Wildman–Crippen LogP) is 5.72. The van der Waals surface area contributed by atoms with Gasteiger partial charge in [-0.05, 0) is 49.5 Å². The third kappa shape index (κ3) is 3.75. The molecule has 1 aromatic carbocycles. The van der Waals surface area contributed by atoms with Gasteiger partial charge >= 0.3 is 5.97 Å². The maximum absolute atomic E-state index is 12.1. The first kappa shape index (κ1) is 20.9. The molecule has 3 aromatic rings. The number of carbonyl (C=O) groups excluding carboxylic acids is 1. The second kappa shape index (κ2) is 8.20. The molecule has 0 aliphatic heterocycles. The van der Waals surface area contributed by atoms with Crippen LogP contribution in [-0.2, 0) is 11.3 Å². The Morgan fingerprint density at radius 3 is 2.84 bits per heavy atom. The molecule has 2 aliphatic rings. The van der Waals surface area contributed by atoms with Gasteiger partial charge in [-0.15, -0.1) is 0 Å². The van der Waals surface area contributed by atoms with E-state index in [-0.39, 0.29) is 11.9 Å². The van der Waals surface area contributed by atoms with Crippen LogP contribution in [0.2, 0.25) is 0 Å². The van der Waals surface area contributed by atoms with Crippen LogP contribution in [0, 0.1) is 5.92 Å². The number of ether oxygens (including phenoxy) is 1. The smallest absolute Gasteiger partial charge is 0.356 e. The van der Waals surface area contributed by atoms with Crippen LogP contribution in [0.3, 0.4) is 0 Å². The second-order valence-electron chi connectivity index (χ2n) is 8.54. The van der Waals surface area contributed by atoms with E-state index in [2.05, 4.69) is 69.7 Å². The molecule has 32 heavy (non-hydrogen) atoms. The maximum atomic E-state index is 12.1. The van der Waals surface area contributed by atoms with Gasteiger partial charge in [0.2, 0.25) is 0 Å². The van der Waals surface area contributed by atoms with E-state index in [1.807, 2.05) is 10.6 Å². The van der Waals surface area contributed by atoms with E-state index < -0.39 is 0 Å². The molecule has 7 heteroatoms. The van der Waals surface area contributed by atoms with Crippen molar-refractivity contribution in [3.63, 3.8) is 0 Å². The van der Waals surface area contributed by atoms with Crippen molar-refractivity contribution in [3.05, 3.63) is 76.1 Å². The van der Waals surface area contributed by atoms with Crippen molar-refractivity contribution in [1.82, 2.24) is 19.1 Å². The number of imidazole rings is 2. The Bertz CT molecular complexity index is 1310. The van der Waals surface area contributed by atoms with Gasteiger partial charge in [0, 0.05) is 22.6 Å². The zero-order valence-electron chi connectivity index (χ0n) is 18.4. The fraction of sp³-hybridized carbons (Fsp3) is 0.320. The maximum Gasteiger partial charge on any atom is 0.356 e. The minimum Gasteiger partial charge on any atom is -0.464 e. The summed E-state index contributed by atoms with van der Waals surface area (Å²) in [5.41, 5.74) is 6.22. The van der Waals surface area contributed by atoms with E-state index in [4.69, 9.17) is 9.72 Å². The van der Waals surface area contributed by atoms with Crippen molar-refractivity contribution in [2.24, 2.45) is 5.92 Å². The number of hydrogen-bond donors (Lipinski definition) is 0. The van der Waals surface area contributed by atoms with Gasteiger partial charge in [-0.1, -0.05) is 46.7 Å². The highest BCUT2D eigenvalue weighted by molar-refractivity contribution is 9.10. The Labute approximate surface area is 195 Å². The highest BCUT2D eigenvalue weighted by atomic mass is 79.9. The average molecular weight is 493 g/mol. The molecule has 1 unspecified atom stereocenters. The molecule has 0 N–H and O–H groups in total. The van der Waals surface area contributed by atoms with Crippen LogP contribution in [0.5, 0.6) is 0 Å². The minimum atomic E-state index is -0.378. The first-order valence-corrected chi connectivity index (χ1v) is 11.6. The van der Waals surface area contributed by atoms with Crippen molar-refractivity contribution in [2.45, 2.75) is 39.3 Å². The topological polar surface area (TPSA) is 61.9 Å². The monoisotopic (exact) mass is 492 g/mol. The van der Waals surface area contributed by atoms with Gasteiger partial charge in [-0.2, -0.15) is 0 Å². The van der Waals surface area contributed by atoms with Crippen LogP contribution in [0.15, 0.2) is 64.6 Å². The molecule has 0 saturated heterocycles. The van der Waals surface area contributed by atoms with Crippen LogP contribution >= 0.6 is 15.9 Å². The molecule has 0 bridgehead atoms. The summed E-state index contributed by atoms with van der Waals surface area (Å²) in [6, 6.07) is 6.79. The molecule has 5 rings (SSSR count). The summed E-state index contributed by atoms with van der Waals surface area (Å²) >= 11 is 3.61. The van der Waals surface area contributed by atoms with E-state index >= 15 is 0 Å². The molecular formula is C25H25BrN4O2. The van der Waals surface area contributed by atoms with E-state index in [0.717, 1.165) is 21.4 Å². The van der Waals surface area contributed by atoms with Crippen molar-refractivity contribution in [3.8, 4) is 0 Å². The molecule has 2 heterocycles. The van der Waals surface area contributed by atoms with Crippen molar-refractivity contribution >= 4 is 38.5 Å². The first-order chi connectivity index (χ1) is 15.5. The number of aromatic nitrogens is 4. The number of methoxy groups -OCH3 is 1. The highest BCUT2D eigenvalue weighted by Gasteiger charge is 2.29. The number of rotatable bonds is 5. The number of esters is 1. The number of carbonyl (C=O) groups is 1. The fourth-order valence-electron chi connectivity index (χ4n) is 4.27. The summed E-state index contributed by atoms with van der Waals surface area (Å²) in [5.74, 6) is 0.865. The predicted molar refractivity (Wildman–Crippen MR) is 128 cm³/mol. The lowest BCUT2D eigenvalue weighted by molar-refractivity contribution is 0.0589. The molecule has 164 valence electrons. The molecule has 1 saturated carbocycles. The molecular weight excluding hydrogens is 468 g/mol. The van der Waals surface area contributed by atoms with Gasteiger partial charge in [-0.25, -0.2) is 14.8 Å². The van der Waals surface area contributed by atoms with Gasteiger partial charge in [0.25, 0.3) is 0 Å². The van der Waals surface area contributed by atoms with Gasteiger partial charge in [0.05, 0.1) is 30.7 Å². The standard InChI is InChI=1S/C25H25BrN4O2/c1-15-10-17(24-28-21-9-6-19(26)11-22(21)30(24)20-7-8-20)4-5-18(16(15)2)13-29-14-27-12-23(29)25(31)32-3/h4-6,9-12,14,16,20H,7-8,13H2,1-3H3. The first-order valence-electron chi connectivity index (χ1n) is 10.8. The lowest BCUT2D eigenvalue weighted by Crippen LogP contribution is -2.14. The lowest BCUT2D eigenvalue weighted by atomic mass is 9.93. The van der Waals surface area contributed by atoms with Crippen LogP contribution in [-0.4, -0.2) is 32.2 Å². The Balaban J connectivity index is 1.56. The van der Waals surface area contributed by atoms with E-state index in [0.29, 0.717) is 18.3 Å². The number of halogens is 1. The Kier molecular flexibility index (Phi) is 5.37. The van der Waals surface area contributed by atoms with Crippen LogP contribution in [0.4, 0.5) is 0 Å². The summed E-state index contributed by atoms with van der Waals surface area (Å²) in [4.78, 5) is 21.2. The SMILES string of the molecule is COC(=O)c1cncn1CC1=CC=C(c2nc3ccc(Br)cc3n2C2CC2)C=C(C)C1C. The third-order valence-corrected chi connectivity index (χ3v) is 6.87. The Hall–Kier alpha value is -2.93. The summed E-state index contributed by atoms with van der Waals surface area (Å²) in [5, 5.41) is 0. The quantitative estimate of drug-likeness (QED) is 0.427. The fourth-order valence-corrected chi connectivity index (χ4v) is 4.62. The molecule has 6 nitrogen and oxygen atoms in total. The number of nitrogens with zero attached hydrogens (tertiary/aromatic N) is 4. The van der Waals surface area contributed by atoms with Crippen LogP contribution in [0.25, 0.3) is 16.6 Å². The normalized spacial score (nSPS) is 18.8. The third-order valence-electron chi connectivity index (χ3n) is 6.38. The molecule has 1 atom stereocenters. The van der Waals surface area contributed by atoms with Crippen molar-refractivity contribution in [2.75, 3.05) is 7.11 Å². The second-order valence-corrected chi connectivity index (χ2v) is 9.46. The average Bonchev–Trinajstić information content (AvgIpc) is 3.43. The summed E-state index contributed by atoms with van der Waals surface area (Å²) in [6.45, 7) is 4.93. The van der Waals surface area contributed by atoms with Crippen LogP contribution in [0.1, 0.15) is 49.0 Å². The van der Waals surface area contributed by atoms with Gasteiger partial charge < -0.3 is 13.9 Å². The summed E-state index contributed by atoms with van der Waals surface area (Å²) in [7, 11) is 1.39. The number of allylic oxidation sites excluding steroid dienone is 6. The molecule has 1 fully saturated rings. The van der Waals surface area contributed by atoms with Gasteiger partial charge in [0.1, 0.15) is 11.5 Å². The largest absolute Gasteiger partial charge is 0.464 e. The van der Waals surface area contributed by atoms with Crippen molar-refractivity contribution < 1.29 is 9.53 Å². The van der Waals surface area contributed by atoms with E-state index in [1.165, 1.54) is 36.6 Å². The van der Waals surface area contributed by atoms with E-state index in [1.54, 1.807) is 12.5 Å². The number of hydrogen-bond acceptors (Lipinski definition) is 4. The molecule has 0 spiro atoms. The summed E-state index contributed by atoms with van der Waals surface area (Å²) in [6.07, 6.45) is 12.2.